The highest BCUT2D eigenvalue weighted by molar-refractivity contribution is 8.02. The molecule has 2 N–H and O–H groups in total. The molecule has 7 heteroatoms. The van der Waals surface area contributed by atoms with Crippen molar-refractivity contribution in [3.05, 3.63) is 65.2 Å². The zero-order valence-electron chi connectivity index (χ0n) is 16.5. The Balaban J connectivity index is 1.35. The van der Waals surface area contributed by atoms with E-state index in [1.807, 2.05) is 25.1 Å². The summed E-state index contributed by atoms with van der Waals surface area (Å²) in [4.78, 5) is 12.8. The number of thioether (sulfide) groups is 1. The highest BCUT2D eigenvalue weighted by atomic mass is 32.2. The van der Waals surface area contributed by atoms with E-state index in [0.29, 0.717) is 0 Å². The van der Waals surface area contributed by atoms with Crippen LogP contribution in [0.4, 0.5) is 10.8 Å². The fourth-order valence-electron chi connectivity index (χ4n) is 3.55. The van der Waals surface area contributed by atoms with Gasteiger partial charge in [0.05, 0.1) is 11.3 Å². The molecule has 1 aliphatic carbocycles. The van der Waals surface area contributed by atoms with Gasteiger partial charge in [0.2, 0.25) is 11.0 Å². The molecule has 2 atom stereocenters. The third-order valence-electron chi connectivity index (χ3n) is 5.01. The second kappa shape index (κ2) is 8.97. The van der Waals surface area contributed by atoms with Gasteiger partial charge in [-0.1, -0.05) is 59.5 Å². The van der Waals surface area contributed by atoms with Gasteiger partial charge in [0, 0.05) is 5.69 Å². The van der Waals surface area contributed by atoms with Crippen molar-refractivity contribution < 1.29 is 4.79 Å². The second-order valence-corrected chi connectivity index (χ2v) is 9.85. The summed E-state index contributed by atoms with van der Waals surface area (Å²) in [7, 11) is 0. The smallest absolute Gasteiger partial charge is 0.233 e. The molecule has 0 bridgehead atoms. The van der Waals surface area contributed by atoms with Crippen LogP contribution in [0.1, 0.15) is 42.5 Å². The largest absolute Gasteiger partial charge is 0.348 e. The van der Waals surface area contributed by atoms with E-state index in [2.05, 4.69) is 58.1 Å². The molecule has 0 saturated carbocycles. The van der Waals surface area contributed by atoms with E-state index in [9.17, 15) is 4.79 Å². The fraction of sp³-hybridized carbons (Fsp3) is 0.318. The summed E-state index contributed by atoms with van der Waals surface area (Å²) in [6.45, 7) is 3.97. The maximum absolute atomic E-state index is 12.8. The van der Waals surface area contributed by atoms with Gasteiger partial charge in [0.25, 0.3) is 0 Å². The van der Waals surface area contributed by atoms with Crippen molar-refractivity contribution >= 4 is 39.8 Å². The van der Waals surface area contributed by atoms with Crippen molar-refractivity contribution in [1.29, 1.82) is 0 Å². The molecule has 150 valence electrons. The van der Waals surface area contributed by atoms with Gasteiger partial charge in [-0.3, -0.25) is 4.79 Å². The molecule has 3 aromatic rings. The van der Waals surface area contributed by atoms with Gasteiger partial charge < -0.3 is 10.6 Å². The minimum Gasteiger partial charge on any atom is -0.348 e. The number of amides is 1. The number of anilines is 2. The first-order chi connectivity index (χ1) is 14.1. The van der Waals surface area contributed by atoms with Crippen LogP contribution in [0.2, 0.25) is 0 Å². The Morgan fingerprint density at radius 3 is 2.93 bits per heavy atom. The quantitative estimate of drug-likeness (QED) is 0.528. The maximum Gasteiger partial charge on any atom is 0.233 e. The third-order valence-corrected chi connectivity index (χ3v) is 7.03. The van der Waals surface area contributed by atoms with E-state index >= 15 is 0 Å². The van der Waals surface area contributed by atoms with Crippen LogP contribution in [-0.4, -0.2) is 21.4 Å². The van der Waals surface area contributed by atoms with Crippen molar-refractivity contribution in [3.8, 4) is 0 Å². The highest BCUT2D eigenvalue weighted by Gasteiger charge is 2.24. The van der Waals surface area contributed by atoms with Crippen molar-refractivity contribution in [1.82, 2.24) is 15.5 Å². The number of aromatic nitrogens is 2. The van der Waals surface area contributed by atoms with Gasteiger partial charge in [0.15, 0.2) is 4.34 Å². The van der Waals surface area contributed by atoms with Crippen LogP contribution in [0, 0.1) is 6.92 Å². The summed E-state index contributed by atoms with van der Waals surface area (Å²) < 4.78 is 0.784. The molecule has 4 rings (SSSR count). The van der Waals surface area contributed by atoms with Crippen molar-refractivity contribution in [2.75, 3.05) is 5.32 Å². The summed E-state index contributed by atoms with van der Waals surface area (Å²) in [5, 5.41) is 15.4. The van der Waals surface area contributed by atoms with E-state index in [1.165, 1.54) is 39.8 Å². The van der Waals surface area contributed by atoms with Crippen molar-refractivity contribution in [2.45, 2.75) is 48.7 Å². The SMILES string of the molecule is Cc1cccc(Nc2nnc(S[C@H](C)C(=O)N[C@H]3CCCc4ccccc43)s2)c1. The molecule has 0 radical (unpaired) electrons. The molecule has 5 nitrogen and oxygen atoms in total. The first kappa shape index (κ1) is 19.9. The van der Waals surface area contributed by atoms with Gasteiger partial charge in [-0.25, -0.2) is 0 Å². The molecule has 1 aromatic heterocycles. The number of carbonyl (C=O) groups excluding carboxylic acids is 1. The second-order valence-electron chi connectivity index (χ2n) is 7.28. The number of fused-ring (bicyclic) bond motifs is 1. The summed E-state index contributed by atoms with van der Waals surface area (Å²) in [6.07, 6.45) is 3.19. The minimum absolute atomic E-state index is 0.0418. The first-order valence-corrected chi connectivity index (χ1v) is 11.5. The summed E-state index contributed by atoms with van der Waals surface area (Å²) in [5.74, 6) is 0.0418. The molecule has 0 spiro atoms. The predicted molar refractivity (Wildman–Crippen MR) is 120 cm³/mol. The van der Waals surface area contributed by atoms with Gasteiger partial charge >= 0.3 is 0 Å². The molecular weight excluding hydrogens is 400 g/mol. The number of nitrogens with zero attached hydrogens (tertiary/aromatic N) is 2. The normalized spacial score (nSPS) is 16.7. The average Bonchev–Trinajstić information content (AvgIpc) is 3.15. The zero-order chi connectivity index (χ0) is 20.2. The number of benzene rings is 2. The maximum atomic E-state index is 12.8. The zero-order valence-corrected chi connectivity index (χ0v) is 18.1. The molecular formula is C22H24N4OS2. The Morgan fingerprint density at radius 1 is 1.21 bits per heavy atom. The average molecular weight is 425 g/mol. The Morgan fingerprint density at radius 2 is 2.07 bits per heavy atom. The van der Waals surface area contributed by atoms with Gasteiger partial charge in [0.1, 0.15) is 0 Å². The minimum atomic E-state index is -0.233. The van der Waals surface area contributed by atoms with Crippen LogP contribution >= 0.6 is 23.1 Å². The third kappa shape index (κ3) is 4.97. The topological polar surface area (TPSA) is 66.9 Å². The van der Waals surface area contributed by atoms with Crippen molar-refractivity contribution in [3.63, 3.8) is 0 Å². The Bertz CT molecular complexity index is 1000. The molecule has 1 aliphatic rings. The lowest BCUT2D eigenvalue weighted by molar-refractivity contribution is -0.121. The fourth-order valence-corrected chi connectivity index (χ4v) is 5.48. The van der Waals surface area contributed by atoms with Crippen LogP contribution < -0.4 is 10.6 Å². The number of hydrogen-bond acceptors (Lipinski definition) is 6. The Labute approximate surface area is 179 Å². The van der Waals surface area contributed by atoms with Crippen LogP contribution in [0.3, 0.4) is 0 Å². The molecule has 1 amide bonds. The molecule has 29 heavy (non-hydrogen) atoms. The van der Waals surface area contributed by atoms with E-state index in [-0.39, 0.29) is 17.2 Å². The highest BCUT2D eigenvalue weighted by Crippen LogP contribution is 2.33. The van der Waals surface area contributed by atoms with E-state index in [1.54, 1.807) is 0 Å². The Kier molecular flexibility index (Phi) is 6.16. The molecule has 2 aromatic carbocycles. The lowest BCUT2D eigenvalue weighted by Crippen LogP contribution is -2.35. The lowest BCUT2D eigenvalue weighted by Gasteiger charge is -2.27. The van der Waals surface area contributed by atoms with Gasteiger partial charge in [-0.15, -0.1) is 10.2 Å². The summed E-state index contributed by atoms with van der Waals surface area (Å²) in [5.41, 5.74) is 4.77. The van der Waals surface area contributed by atoms with Crippen LogP contribution in [0.15, 0.2) is 52.9 Å². The molecule has 0 fully saturated rings. The Hall–Kier alpha value is -2.38. The number of nitrogens with one attached hydrogen (secondary N) is 2. The molecule has 0 unspecified atom stereocenters. The summed E-state index contributed by atoms with van der Waals surface area (Å²) in [6, 6.07) is 16.6. The van der Waals surface area contributed by atoms with Crippen LogP contribution in [0.25, 0.3) is 0 Å². The monoisotopic (exact) mass is 424 g/mol. The number of hydrogen-bond donors (Lipinski definition) is 2. The van der Waals surface area contributed by atoms with Crippen LogP contribution in [0.5, 0.6) is 0 Å². The standard InChI is InChI=1S/C22H24N4OS2/c1-14-7-5-10-17(13-14)23-21-25-26-22(29-21)28-15(2)20(27)24-19-12-6-9-16-8-3-4-11-18(16)19/h3-5,7-8,10-11,13,15,19H,6,9,12H2,1-2H3,(H,23,25)(H,24,27)/t15-,19+/m1/s1. The van der Waals surface area contributed by atoms with E-state index in [0.717, 1.165) is 34.4 Å². The number of carbonyl (C=O) groups is 1. The molecule has 0 saturated heterocycles. The van der Waals surface area contributed by atoms with Gasteiger partial charge in [-0.05, 0) is 61.9 Å². The lowest BCUT2D eigenvalue weighted by atomic mass is 9.88. The van der Waals surface area contributed by atoms with E-state index < -0.39 is 0 Å². The molecule has 0 aliphatic heterocycles. The number of rotatable bonds is 6. The van der Waals surface area contributed by atoms with Gasteiger partial charge in [-0.2, -0.15) is 0 Å². The predicted octanol–water partition coefficient (Wildman–Crippen LogP) is 5.26. The van der Waals surface area contributed by atoms with Crippen molar-refractivity contribution in [2.24, 2.45) is 0 Å². The summed E-state index contributed by atoms with van der Waals surface area (Å²) >= 11 is 2.91. The van der Waals surface area contributed by atoms with Crippen LogP contribution in [-0.2, 0) is 11.2 Å². The van der Waals surface area contributed by atoms with E-state index in [4.69, 9.17) is 0 Å². The first-order valence-electron chi connectivity index (χ1n) is 9.80. The number of aryl methyl sites for hydroxylation is 2. The molecule has 1 heterocycles.